The van der Waals surface area contributed by atoms with Crippen molar-refractivity contribution in [3.8, 4) is 0 Å². The fourth-order valence-electron chi connectivity index (χ4n) is 1.99. The van der Waals surface area contributed by atoms with Crippen LogP contribution >= 0.6 is 12.4 Å². The average molecular weight is 237 g/mol. The summed E-state index contributed by atoms with van der Waals surface area (Å²) < 4.78 is 5.54. The Bertz CT molecular complexity index is 166. The van der Waals surface area contributed by atoms with Crippen molar-refractivity contribution in [2.75, 3.05) is 26.7 Å². The lowest BCUT2D eigenvalue weighted by Crippen LogP contribution is -2.57. The number of ether oxygens (including phenoxy) is 1. The number of nitrogens with zero attached hydrogens (tertiary/aromatic N) is 1. The standard InChI is InChI=1S/C11H24N2O.ClH/c1-10(2)14-8-7-13(3)11(9-12)5-4-6-11;/h10H,4-9,12H2,1-3H3;1H. The number of hydrogen-bond donors (Lipinski definition) is 1. The van der Waals surface area contributed by atoms with Crippen LogP contribution in [0.1, 0.15) is 33.1 Å². The first-order chi connectivity index (χ1) is 6.60. The van der Waals surface area contributed by atoms with Crippen LogP contribution in [0.4, 0.5) is 0 Å². The van der Waals surface area contributed by atoms with Crippen LogP contribution in [0, 0.1) is 0 Å². The van der Waals surface area contributed by atoms with E-state index >= 15 is 0 Å². The van der Waals surface area contributed by atoms with Crippen LogP contribution in [-0.4, -0.2) is 43.3 Å². The highest BCUT2D eigenvalue weighted by Gasteiger charge is 2.38. The lowest BCUT2D eigenvalue weighted by molar-refractivity contribution is 0.00378. The maximum atomic E-state index is 5.82. The quantitative estimate of drug-likeness (QED) is 0.762. The molecule has 0 spiro atoms. The highest BCUT2D eigenvalue weighted by Crippen LogP contribution is 2.35. The summed E-state index contributed by atoms with van der Waals surface area (Å²) in [6.07, 6.45) is 4.16. The van der Waals surface area contributed by atoms with E-state index in [0.29, 0.717) is 11.6 Å². The first-order valence-corrected chi connectivity index (χ1v) is 5.64. The summed E-state index contributed by atoms with van der Waals surface area (Å²) in [5.74, 6) is 0. The lowest BCUT2D eigenvalue weighted by Gasteiger charge is -2.48. The number of rotatable bonds is 6. The Kier molecular flexibility index (Phi) is 6.76. The maximum Gasteiger partial charge on any atom is 0.0597 e. The van der Waals surface area contributed by atoms with Crippen LogP contribution in [0.15, 0.2) is 0 Å². The molecule has 0 atom stereocenters. The van der Waals surface area contributed by atoms with E-state index < -0.39 is 0 Å². The number of nitrogens with two attached hydrogens (primary N) is 1. The molecule has 92 valence electrons. The lowest BCUT2D eigenvalue weighted by atomic mass is 9.75. The first kappa shape index (κ1) is 15.2. The van der Waals surface area contributed by atoms with Crippen LogP contribution in [0.3, 0.4) is 0 Å². The average Bonchev–Trinajstić information content (AvgIpc) is 2.02. The predicted molar refractivity (Wildman–Crippen MR) is 66.6 cm³/mol. The van der Waals surface area contributed by atoms with Gasteiger partial charge in [0.05, 0.1) is 12.7 Å². The van der Waals surface area contributed by atoms with Gasteiger partial charge in [-0.15, -0.1) is 12.4 Å². The molecule has 0 aromatic heterocycles. The molecule has 0 aromatic rings. The molecule has 1 fully saturated rings. The van der Waals surface area contributed by atoms with Gasteiger partial charge < -0.3 is 10.5 Å². The molecule has 1 rings (SSSR count). The first-order valence-electron chi connectivity index (χ1n) is 5.64. The molecule has 0 unspecified atom stereocenters. The molecule has 0 heterocycles. The van der Waals surface area contributed by atoms with E-state index in [1.54, 1.807) is 0 Å². The van der Waals surface area contributed by atoms with Crippen LogP contribution < -0.4 is 5.73 Å². The monoisotopic (exact) mass is 236 g/mol. The molecule has 1 aliphatic rings. The molecule has 1 saturated carbocycles. The van der Waals surface area contributed by atoms with Crippen molar-refractivity contribution in [3.63, 3.8) is 0 Å². The van der Waals surface area contributed by atoms with Gasteiger partial charge in [0.15, 0.2) is 0 Å². The number of hydrogen-bond acceptors (Lipinski definition) is 3. The van der Waals surface area contributed by atoms with Gasteiger partial charge in [-0.3, -0.25) is 4.90 Å². The van der Waals surface area contributed by atoms with Crippen LogP contribution in [0.25, 0.3) is 0 Å². The third kappa shape index (κ3) is 3.91. The fraction of sp³-hybridized carbons (Fsp3) is 1.00. The minimum absolute atomic E-state index is 0. The van der Waals surface area contributed by atoms with Gasteiger partial charge in [-0.1, -0.05) is 0 Å². The second-order valence-electron chi connectivity index (χ2n) is 4.62. The van der Waals surface area contributed by atoms with E-state index in [1.807, 2.05) is 0 Å². The molecule has 0 bridgehead atoms. The Morgan fingerprint density at radius 2 is 2.00 bits per heavy atom. The Morgan fingerprint density at radius 3 is 2.33 bits per heavy atom. The van der Waals surface area contributed by atoms with E-state index in [0.717, 1.165) is 19.7 Å². The zero-order valence-electron chi connectivity index (χ0n) is 10.2. The molecule has 0 saturated heterocycles. The topological polar surface area (TPSA) is 38.5 Å². The zero-order valence-corrected chi connectivity index (χ0v) is 11.0. The number of likely N-dealkylation sites (N-methyl/N-ethyl adjacent to an activating group) is 1. The molecule has 0 aliphatic heterocycles. The molecule has 0 amide bonds. The van der Waals surface area contributed by atoms with Gasteiger partial charge in [0, 0.05) is 18.6 Å². The summed E-state index contributed by atoms with van der Waals surface area (Å²) in [5, 5.41) is 0. The Balaban J connectivity index is 0.00000196. The largest absolute Gasteiger partial charge is 0.377 e. The summed E-state index contributed by atoms with van der Waals surface area (Å²) in [6.45, 7) is 6.74. The molecular weight excluding hydrogens is 212 g/mol. The van der Waals surface area contributed by atoms with Gasteiger partial charge in [0.1, 0.15) is 0 Å². The van der Waals surface area contributed by atoms with Crippen LogP contribution in [0.2, 0.25) is 0 Å². The van der Waals surface area contributed by atoms with Gasteiger partial charge in [-0.2, -0.15) is 0 Å². The van der Waals surface area contributed by atoms with E-state index in [2.05, 4.69) is 25.8 Å². The second-order valence-corrected chi connectivity index (χ2v) is 4.62. The molecule has 15 heavy (non-hydrogen) atoms. The second kappa shape index (κ2) is 6.69. The summed E-state index contributed by atoms with van der Waals surface area (Å²) in [6, 6.07) is 0. The molecule has 1 aliphatic carbocycles. The van der Waals surface area contributed by atoms with Gasteiger partial charge in [-0.25, -0.2) is 0 Å². The molecule has 2 N–H and O–H groups in total. The predicted octanol–water partition coefficient (Wildman–Crippen LogP) is 1.65. The highest BCUT2D eigenvalue weighted by molar-refractivity contribution is 5.85. The fourth-order valence-corrected chi connectivity index (χ4v) is 1.99. The van der Waals surface area contributed by atoms with Gasteiger partial charge in [0.2, 0.25) is 0 Å². The third-order valence-electron chi connectivity index (χ3n) is 3.35. The smallest absolute Gasteiger partial charge is 0.0597 e. The van der Waals surface area contributed by atoms with E-state index in [4.69, 9.17) is 10.5 Å². The maximum absolute atomic E-state index is 5.82. The zero-order chi connectivity index (χ0) is 10.6. The third-order valence-corrected chi connectivity index (χ3v) is 3.35. The minimum atomic E-state index is 0. The Morgan fingerprint density at radius 1 is 1.40 bits per heavy atom. The van der Waals surface area contributed by atoms with Crippen molar-refractivity contribution in [1.29, 1.82) is 0 Å². The normalized spacial score (nSPS) is 18.8. The summed E-state index contributed by atoms with van der Waals surface area (Å²) >= 11 is 0. The van der Waals surface area contributed by atoms with Gasteiger partial charge >= 0.3 is 0 Å². The Labute approximate surface area is 99.7 Å². The van der Waals surface area contributed by atoms with E-state index in [1.165, 1.54) is 19.3 Å². The van der Waals surface area contributed by atoms with Crippen molar-refractivity contribution in [2.45, 2.75) is 44.8 Å². The van der Waals surface area contributed by atoms with Crippen LogP contribution in [0.5, 0.6) is 0 Å². The van der Waals surface area contributed by atoms with Gasteiger partial charge in [0.25, 0.3) is 0 Å². The SMILES string of the molecule is CC(C)OCCN(C)C1(CN)CCC1.Cl. The molecule has 0 aromatic carbocycles. The molecule has 0 radical (unpaired) electrons. The minimum Gasteiger partial charge on any atom is -0.377 e. The van der Waals surface area contributed by atoms with E-state index in [9.17, 15) is 0 Å². The Hall–Kier alpha value is 0.170. The van der Waals surface area contributed by atoms with Crippen molar-refractivity contribution in [2.24, 2.45) is 5.73 Å². The number of halogens is 1. The summed E-state index contributed by atoms with van der Waals surface area (Å²) in [7, 11) is 2.16. The molecule has 3 nitrogen and oxygen atoms in total. The van der Waals surface area contributed by atoms with Crippen molar-refractivity contribution in [1.82, 2.24) is 4.90 Å². The molecule has 4 heteroatoms. The van der Waals surface area contributed by atoms with Gasteiger partial charge in [-0.05, 0) is 40.2 Å². The van der Waals surface area contributed by atoms with Crippen molar-refractivity contribution >= 4 is 12.4 Å². The van der Waals surface area contributed by atoms with E-state index in [-0.39, 0.29) is 12.4 Å². The molecular formula is C11H25ClN2O. The highest BCUT2D eigenvalue weighted by atomic mass is 35.5. The summed E-state index contributed by atoms with van der Waals surface area (Å²) in [4.78, 5) is 2.37. The van der Waals surface area contributed by atoms with Crippen molar-refractivity contribution < 1.29 is 4.74 Å². The van der Waals surface area contributed by atoms with Crippen LogP contribution in [-0.2, 0) is 4.74 Å². The van der Waals surface area contributed by atoms with Crippen molar-refractivity contribution in [3.05, 3.63) is 0 Å². The summed E-state index contributed by atoms with van der Waals surface area (Å²) in [5.41, 5.74) is 6.11.